The van der Waals surface area contributed by atoms with Gasteiger partial charge in [0, 0.05) is 5.92 Å². The van der Waals surface area contributed by atoms with E-state index in [-0.39, 0.29) is 0 Å². The van der Waals surface area contributed by atoms with Crippen LogP contribution in [0.25, 0.3) is 0 Å². The van der Waals surface area contributed by atoms with Gasteiger partial charge >= 0.3 is 0 Å². The van der Waals surface area contributed by atoms with E-state index in [0.717, 1.165) is 18.4 Å². The van der Waals surface area contributed by atoms with Crippen molar-refractivity contribution in [2.24, 2.45) is 17.8 Å². The van der Waals surface area contributed by atoms with Gasteiger partial charge in [0.05, 0.1) is 6.04 Å². The first-order valence-corrected chi connectivity index (χ1v) is 6.98. The summed E-state index contributed by atoms with van der Waals surface area (Å²) in [6.45, 7) is 5.84. The van der Waals surface area contributed by atoms with Crippen LogP contribution in [0.5, 0.6) is 0 Å². The van der Waals surface area contributed by atoms with E-state index in [1.807, 2.05) is 0 Å². The number of nitrogens with one attached hydrogen (secondary N) is 1. The fraction of sp³-hybridized carbons (Fsp3) is 0.867. The lowest BCUT2D eigenvalue weighted by atomic mass is 9.83. The van der Waals surface area contributed by atoms with Gasteiger partial charge in [-0.2, -0.15) is 0 Å². The van der Waals surface area contributed by atoms with Crippen LogP contribution in [0.3, 0.4) is 0 Å². The third-order valence-corrected chi connectivity index (χ3v) is 4.14. The van der Waals surface area contributed by atoms with Crippen molar-refractivity contribution in [2.75, 3.05) is 6.54 Å². The SMILES string of the molecule is CC1CCC(C#CC2CCC(C)CN2)CC1. The van der Waals surface area contributed by atoms with Crippen LogP contribution >= 0.6 is 0 Å². The Morgan fingerprint density at radius 2 is 1.50 bits per heavy atom. The van der Waals surface area contributed by atoms with Crippen LogP contribution in [0.1, 0.15) is 52.4 Å². The maximum Gasteiger partial charge on any atom is 0.0689 e. The lowest BCUT2D eigenvalue weighted by Crippen LogP contribution is -2.37. The lowest BCUT2D eigenvalue weighted by molar-refractivity contribution is 0.336. The summed E-state index contributed by atoms with van der Waals surface area (Å²) in [7, 11) is 0. The quantitative estimate of drug-likeness (QED) is 0.617. The van der Waals surface area contributed by atoms with E-state index < -0.39 is 0 Å². The van der Waals surface area contributed by atoms with Crippen LogP contribution in [0.15, 0.2) is 0 Å². The first-order valence-electron chi connectivity index (χ1n) is 6.98. The maximum absolute atomic E-state index is 3.54. The monoisotopic (exact) mass is 219 g/mol. The van der Waals surface area contributed by atoms with Crippen molar-refractivity contribution >= 4 is 0 Å². The second-order valence-corrected chi connectivity index (χ2v) is 5.89. The Hall–Kier alpha value is -0.480. The second-order valence-electron chi connectivity index (χ2n) is 5.89. The molecule has 16 heavy (non-hydrogen) atoms. The molecular formula is C15H25N. The Labute approximate surface area is 100 Å². The van der Waals surface area contributed by atoms with Crippen molar-refractivity contribution in [1.82, 2.24) is 5.32 Å². The van der Waals surface area contributed by atoms with E-state index in [4.69, 9.17) is 0 Å². The van der Waals surface area contributed by atoms with E-state index >= 15 is 0 Å². The van der Waals surface area contributed by atoms with E-state index in [1.54, 1.807) is 0 Å². The van der Waals surface area contributed by atoms with Gasteiger partial charge < -0.3 is 5.32 Å². The molecule has 0 spiro atoms. The summed E-state index contributed by atoms with van der Waals surface area (Å²) in [5.41, 5.74) is 0. The molecule has 1 saturated carbocycles. The molecule has 0 radical (unpaired) electrons. The predicted molar refractivity (Wildman–Crippen MR) is 69.1 cm³/mol. The van der Waals surface area contributed by atoms with Crippen LogP contribution in [-0.2, 0) is 0 Å². The highest BCUT2D eigenvalue weighted by molar-refractivity contribution is 5.12. The van der Waals surface area contributed by atoms with E-state index in [2.05, 4.69) is 31.0 Å². The highest BCUT2D eigenvalue weighted by Gasteiger charge is 2.18. The van der Waals surface area contributed by atoms with Crippen molar-refractivity contribution < 1.29 is 0 Å². The fourth-order valence-electron chi connectivity index (χ4n) is 2.74. The third-order valence-electron chi connectivity index (χ3n) is 4.14. The molecule has 1 nitrogen and oxygen atoms in total. The first kappa shape index (κ1) is 12.0. The topological polar surface area (TPSA) is 12.0 Å². The Balaban J connectivity index is 1.76. The van der Waals surface area contributed by atoms with E-state index in [9.17, 15) is 0 Å². The fourth-order valence-corrected chi connectivity index (χ4v) is 2.74. The van der Waals surface area contributed by atoms with Crippen LogP contribution in [0, 0.1) is 29.6 Å². The number of hydrogen-bond donors (Lipinski definition) is 1. The zero-order valence-electron chi connectivity index (χ0n) is 10.8. The first-order chi connectivity index (χ1) is 7.74. The summed E-state index contributed by atoms with van der Waals surface area (Å²) in [6, 6.07) is 0.482. The molecule has 0 amide bonds. The van der Waals surface area contributed by atoms with Gasteiger partial charge in [0.1, 0.15) is 0 Å². The smallest absolute Gasteiger partial charge is 0.0689 e. The van der Waals surface area contributed by atoms with Crippen molar-refractivity contribution in [1.29, 1.82) is 0 Å². The number of piperidine rings is 1. The highest BCUT2D eigenvalue weighted by Crippen LogP contribution is 2.27. The molecule has 2 unspecified atom stereocenters. The van der Waals surface area contributed by atoms with Gasteiger partial charge in [-0.25, -0.2) is 0 Å². The van der Waals surface area contributed by atoms with Crippen LogP contribution < -0.4 is 5.32 Å². The Morgan fingerprint density at radius 3 is 2.12 bits per heavy atom. The summed E-state index contributed by atoms with van der Waals surface area (Å²) >= 11 is 0. The molecule has 1 saturated heterocycles. The molecule has 0 aromatic carbocycles. The molecule has 2 aliphatic rings. The molecule has 0 aromatic heterocycles. The normalized spacial score (nSPS) is 39.9. The summed E-state index contributed by atoms with van der Waals surface area (Å²) in [5.74, 6) is 9.45. The standard InChI is InChI=1S/C15H25N/c1-12-3-6-14(7-4-12)8-10-15-9-5-13(2)11-16-15/h12-16H,3-7,9,11H2,1-2H3. The van der Waals surface area contributed by atoms with Crippen molar-refractivity contribution in [3.05, 3.63) is 0 Å². The molecule has 2 rings (SSSR count). The van der Waals surface area contributed by atoms with Crippen molar-refractivity contribution in [2.45, 2.75) is 58.4 Å². The van der Waals surface area contributed by atoms with Gasteiger partial charge in [0.25, 0.3) is 0 Å². The summed E-state index contributed by atoms with van der Waals surface area (Å²) in [5, 5.41) is 3.54. The van der Waals surface area contributed by atoms with Gasteiger partial charge in [-0.15, -0.1) is 0 Å². The minimum Gasteiger partial charge on any atom is -0.303 e. The lowest BCUT2D eigenvalue weighted by Gasteiger charge is -2.25. The van der Waals surface area contributed by atoms with Crippen LogP contribution in [0.2, 0.25) is 0 Å². The van der Waals surface area contributed by atoms with Crippen molar-refractivity contribution in [3.63, 3.8) is 0 Å². The van der Waals surface area contributed by atoms with Gasteiger partial charge in [-0.1, -0.05) is 25.7 Å². The molecule has 1 aliphatic carbocycles. The highest BCUT2D eigenvalue weighted by atomic mass is 14.9. The molecule has 1 aliphatic heterocycles. The number of rotatable bonds is 0. The second kappa shape index (κ2) is 5.73. The van der Waals surface area contributed by atoms with E-state index in [1.165, 1.54) is 38.5 Å². The largest absolute Gasteiger partial charge is 0.303 e. The van der Waals surface area contributed by atoms with Crippen LogP contribution in [-0.4, -0.2) is 12.6 Å². The van der Waals surface area contributed by atoms with Gasteiger partial charge in [0.15, 0.2) is 0 Å². The zero-order valence-corrected chi connectivity index (χ0v) is 10.8. The Bertz CT molecular complexity index is 231. The minimum absolute atomic E-state index is 0.482. The minimum atomic E-state index is 0.482. The molecule has 1 heteroatoms. The summed E-state index contributed by atoms with van der Waals surface area (Å²) < 4.78 is 0. The molecule has 2 atom stereocenters. The molecular weight excluding hydrogens is 194 g/mol. The van der Waals surface area contributed by atoms with Crippen molar-refractivity contribution in [3.8, 4) is 11.8 Å². The zero-order chi connectivity index (χ0) is 11.4. The Kier molecular flexibility index (Phi) is 4.29. The molecule has 0 aromatic rings. The maximum atomic E-state index is 3.54. The molecule has 0 bridgehead atoms. The third kappa shape index (κ3) is 3.52. The van der Waals surface area contributed by atoms with Gasteiger partial charge in [0.2, 0.25) is 0 Å². The summed E-state index contributed by atoms with van der Waals surface area (Å²) in [4.78, 5) is 0. The average molecular weight is 219 g/mol. The molecule has 1 heterocycles. The van der Waals surface area contributed by atoms with Crippen LogP contribution in [0.4, 0.5) is 0 Å². The summed E-state index contributed by atoms with van der Waals surface area (Å²) in [6.07, 6.45) is 8.02. The molecule has 1 N–H and O–H groups in total. The molecule has 2 fully saturated rings. The van der Waals surface area contributed by atoms with E-state index in [0.29, 0.717) is 12.0 Å². The number of hydrogen-bond acceptors (Lipinski definition) is 1. The average Bonchev–Trinajstić information content (AvgIpc) is 2.30. The molecule has 90 valence electrons. The predicted octanol–water partition coefficient (Wildman–Crippen LogP) is 3.20. The van der Waals surface area contributed by atoms with Gasteiger partial charge in [-0.05, 0) is 56.9 Å². The van der Waals surface area contributed by atoms with Gasteiger partial charge in [-0.3, -0.25) is 0 Å². The Morgan fingerprint density at radius 1 is 0.812 bits per heavy atom.